The van der Waals surface area contributed by atoms with Crippen molar-refractivity contribution >= 4 is 15.9 Å². The minimum absolute atomic E-state index is 0.169. The van der Waals surface area contributed by atoms with E-state index in [0.29, 0.717) is 34.7 Å². The molecule has 0 saturated heterocycles. The summed E-state index contributed by atoms with van der Waals surface area (Å²) < 4.78 is 32.3. The summed E-state index contributed by atoms with van der Waals surface area (Å²) in [6.45, 7) is 0.797. The van der Waals surface area contributed by atoms with Crippen molar-refractivity contribution in [1.29, 1.82) is 0 Å². The maximum atomic E-state index is 13.5. The minimum Gasteiger partial charge on any atom is -0.497 e. The van der Waals surface area contributed by atoms with Gasteiger partial charge in [-0.25, -0.2) is 9.07 Å². The summed E-state index contributed by atoms with van der Waals surface area (Å²) in [5.41, 5.74) is 2.84. The van der Waals surface area contributed by atoms with E-state index >= 15 is 0 Å². The van der Waals surface area contributed by atoms with E-state index in [2.05, 4.69) is 36.4 Å². The Morgan fingerprint density at radius 1 is 1.23 bits per heavy atom. The number of rotatable bonds is 4. The quantitative estimate of drug-likeness (QED) is 0.441. The molecule has 5 rings (SSSR count). The topological polar surface area (TPSA) is 88.1 Å². The van der Waals surface area contributed by atoms with Crippen molar-refractivity contribution in [2.45, 2.75) is 19.3 Å². The lowest BCUT2D eigenvalue weighted by Crippen LogP contribution is -2.22. The predicted octanol–water partition coefficient (Wildman–Crippen LogP) is 4.18. The number of benzene rings is 2. The number of halogens is 2. The van der Waals surface area contributed by atoms with Crippen LogP contribution in [-0.2, 0) is 17.9 Å². The van der Waals surface area contributed by atoms with Gasteiger partial charge in [-0.15, -0.1) is 5.10 Å². The van der Waals surface area contributed by atoms with Crippen LogP contribution < -0.4 is 4.74 Å². The van der Waals surface area contributed by atoms with Gasteiger partial charge in [0.25, 0.3) is 5.89 Å². The zero-order chi connectivity index (χ0) is 20.7. The smallest absolute Gasteiger partial charge is 0.280 e. The Bertz CT molecular complexity index is 1220. The van der Waals surface area contributed by atoms with Crippen LogP contribution in [0.15, 0.2) is 51.5 Å². The standard InChI is InChI=1S/C20H15BrFN5O3/c1-28-13-4-2-3-11(7-13)17-9-27-16(10-29-17)18(24-26-27)20-23-19(25-30-20)12-5-6-15(22)14(21)8-12/h2-8,17H,9-10H2,1H3. The summed E-state index contributed by atoms with van der Waals surface area (Å²) >= 11 is 3.16. The molecule has 0 fully saturated rings. The first-order chi connectivity index (χ1) is 14.6. The highest BCUT2D eigenvalue weighted by Gasteiger charge is 2.28. The van der Waals surface area contributed by atoms with Crippen LogP contribution in [0.25, 0.3) is 23.0 Å². The van der Waals surface area contributed by atoms with E-state index in [-0.39, 0.29) is 17.8 Å². The lowest BCUT2D eigenvalue weighted by Gasteiger charge is -2.24. The number of aromatic nitrogens is 5. The minimum atomic E-state index is -0.363. The van der Waals surface area contributed by atoms with Crippen LogP contribution in [0.2, 0.25) is 0 Å². The van der Waals surface area contributed by atoms with Crippen LogP contribution >= 0.6 is 15.9 Å². The number of methoxy groups -OCH3 is 1. The summed E-state index contributed by atoms with van der Waals surface area (Å²) in [4.78, 5) is 4.39. The first-order valence-corrected chi connectivity index (χ1v) is 9.89. The molecule has 0 bridgehead atoms. The van der Waals surface area contributed by atoms with E-state index in [4.69, 9.17) is 14.0 Å². The molecular weight excluding hydrogens is 457 g/mol. The molecule has 30 heavy (non-hydrogen) atoms. The third-order valence-electron chi connectivity index (χ3n) is 4.87. The van der Waals surface area contributed by atoms with Gasteiger partial charge in [-0.3, -0.25) is 0 Å². The number of nitrogens with zero attached hydrogens (tertiary/aromatic N) is 5. The summed E-state index contributed by atoms with van der Waals surface area (Å²) in [6.07, 6.45) is -0.169. The molecule has 2 aromatic heterocycles. The van der Waals surface area contributed by atoms with Crippen LogP contribution in [0.4, 0.5) is 4.39 Å². The molecule has 3 heterocycles. The maximum absolute atomic E-state index is 13.5. The second kappa shape index (κ2) is 7.62. The van der Waals surface area contributed by atoms with Crippen LogP contribution in [0, 0.1) is 5.82 Å². The summed E-state index contributed by atoms with van der Waals surface area (Å²) in [7, 11) is 1.63. The van der Waals surface area contributed by atoms with Gasteiger partial charge in [0, 0.05) is 5.56 Å². The highest BCUT2D eigenvalue weighted by atomic mass is 79.9. The van der Waals surface area contributed by atoms with E-state index in [9.17, 15) is 4.39 Å². The van der Waals surface area contributed by atoms with Crippen molar-refractivity contribution in [1.82, 2.24) is 25.1 Å². The highest BCUT2D eigenvalue weighted by Crippen LogP contribution is 2.32. The molecule has 0 spiro atoms. The maximum Gasteiger partial charge on any atom is 0.280 e. The zero-order valence-electron chi connectivity index (χ0n) is 15.7. The Balaban J connectivity index is 1.41. The van der Waals surface area contributed by atoms with Crippen LogP contribution in [0.3, 0.4) is 0 Å². The van der Waals surface area contributed by atoms with E-state index in [1.807, 2.05) is 24.3 Å². The second-order valence-corrected chi connectivity index (χ2v) is 7.55. The summed E-state index contributed by atoms with van der Waals surface area (Å²) in [5, 5.41) is 12.4. The Hall–Kier alpha value is -3.11. The monoisotopic (exact) mass is 471 g/mol. The molecule has 4 aromatic rings. The normalized spacial score (nSPS) is 15.8. The molecule has 0 N–H and O–H groups in total. The van der Waals surface area contributed by atoms with Gasteiger partial charge in [0.15, 0.2) is 5.69 Å². The van der Waals surface area contributed by atoms with Gasteiger partial charge in [0.2, 0.25) is 5.82 Å². The Labute approximate surface area is 178 Å². The van der Waals surface area contributed by atoms with Gasteiger partial charge in [0.1, 0.15) is 17.7 Å². The van der Waals surface area contributed by atoms with Gasteiger partial charge < -0.3 is 14.0 Å². The molecule has 0 radical (unpaired) electrons. The van der Waals surface area contributed by atoms with Crippen molar-refractivity contribution in [2.75, 3.05) is 7.11 Å². The van der Waals surface area contributed by atoms with Gasteiger partial charge in [0.05, 0.1) is 30.4 Å². The van der Waals surface area contributed by atoms with Gasteiger partial charge in [-0.2, -0.15) is 4.98 Å². The molecule has 1 aliphatic heterocycles. The average molecular weight is 472 g/mol. The lowest BCUT2D eigenvalue weighted by molar-refractivity contribution is -0.00127. The molecular formula is C20H15BrFN5O3. The van der Waals surface area contributed by atoms with Gasteiger partial charge in [-0.1, -0.05) is 22.5 Å². The van der Waals surface area contributed by atoms with Gasteiger partial charge >= 0.3 is 0 Å². The van der Waals surface area contributed by atoms with Crippen LogP contribution in [-0.4, -0.2) is 32.2 Å². The van der Waals surface area contributed by atoms with Crippen LogP contribution in [0.1, 0.15) is 17.4 Å². The highest BCUT2D eigenvalue weighted by molar-refractivity contribution is 9.10. The fourth-order valence-corrected chi connectivity index (χ4v) is 3.67. The number of ether oxygens (including phenoxy) is 2. The first-order valence-electron chi connectivity index (χ1n) is 9.10. The van der Waals surface area contributed by atoms with Crippen molar-refractivity contribution in [2.24, 2.45) is 0 Å². The molecule has 0 saturated carbocycles. The van der Waals surface area contributed by atoms with E-state index in [1.54, 1.807) is 23.9 Å². The zero-order valence-corrected chi connectivity index (χ0v) is 17.3. The third-order valence-corrected chi connectivity index (χ3v) is 5.48. The van der Waals surface area contributed by atoms with E-state index in [1.165, 1.54) is 6.07 Å². The fraction of sp³-hybridized carbons (Fsp3) is 0.200. The summed E-state index contributed by atoms with van der Waals surface area (Å²) in [6, 6.07) is 12.2. The second-order valence-electron chi connectivity index (χ2n) is 6.70. The van der Waals surface area contributed by atoms with Crippen molar-refractivity contribution in [3.63, 3.8) is 0 Å². The molecule has 2 aromatic carbocycles. The van der Waals surface area contributed by atoms with Gasteiger partial charge in [-0.05, 0) is 51.8 Å². The Morgan fingerprint density at radius 3 is 2.97 bits per heavy atom. The van der Waals surface area contributed by atoms with Crippen molar-refractivity contribution in [3.8, 4) is 28.7 Å². The summed E-state index contributed by atoms with van der Waals surface area (Å²) in [5.74, 6) is 0.970. The molecule has 152 valence electrons. The largest absolute Gasteiger partial charge is 0.497 e. The Morgan fingerprint density at radius 2 is 2.13 bits per heavy atom. The molecule has 8 nitrogen and oxygen atoms in total. The third kappa shape index (κ3) is 3.37. The lowest BCUT2D eigenvalue weighted by atomic mass is 10.1. The molecule has 1 aliphatic rings. The van der Waals surface area contributed by atoms with E-state index < -0.39 is 0 Å². The fourth-order valence-electron chi connectivity index (χ4n) is 3.29. The molecule has 1 atom stereocenters. The van der Waals surface area contributed by atoms with Crippen molar-refractivity contribution < 1.29 is 18.4 Å². The predicted molar refractivity (Wildman–Crippen MR) is 107 cm³/mol. The SMILES string of the molecule is COc1cccc(C2Cn3nnc(-c4nc(-c5ccc(F)c(Br)c5)no4)c3CO2)c1. The van der Waals surface area contributed by atoms with Crippen molar-refractivity contribution in [3.05, 3.63) is 64.0 Å². The number of hydrogen-bond acceptors (Lipinski definition) is 7. The molecule has 0 aliphatic carbocycles. The molecule has 0 amide bonds. The average Bonchev–Trinajstić information content (AvgIpc) is 3.42. The first kappa shape index (κ1) is 18.9. The number of hydrogen-bond donors (Lipinski definition) is 0. The van der Waals surface area contributed by atoms with Crippen LogP contribution in [0.5, 0.6) is 5.75 Å². The number of fused-ring (bicyclic) bond motifs is 1. The Kier molecular flexibility index (Phi) is 4.80. The molecule has 10 heteroatoms. The molecule has 1 unspecified atom stereocenters. The van der Waals surface area contributed by atoms with E-state index in [0.717, 1.165) is 17.0 Å².